The molecule has 0 aromatic carbocycles. The molecule has 0 saturated heterocycles. The Labute approximate surface area is 84.9 Å². The number of nitrogens with zero attached hydrogens (tertiary/aromatic N) is 3. The number of rotatable bonds is 5. The van der Waals surface area contributed by atoms with Gasteiger partial charge in [-0.1, -0.05) is 0 Å². The van der Waals surface area contributed by atoms with Gasteiger partial charge in [-0.3, -0.25) is 4.68 Å². The maximum atomic E-state index is 5.73. The monoisotopic (exact) mass is 197 g/mol. The highest BCUT2D eigenvalue weighted by molar-refractivity contribution is 5.59. The Kier molecular flexibility index (Phi) is 3.76. The lowest BCUT2D eigenvalue weighted by atomic mass is 10.4. The van der Waals surface area contributed by atoms with Gasteiger partial charge in [0.05, 0.1) is 5.69 Å². The van der Waals surface area contributed by atoms with Gasteiger partial charge in [-0.05, 0) is 27.1 Å². The molecule has 0 amide bonds. The van der Waals surface area contributed by atoms with Crippen LogP contribution < -0.4 is 11.1 Å². The predicted molar refractivity (Wildman–Crippen MR) is 59.3 cm³/mol. The third-order valence-corrected chi connectivity index (χ3v) is 1.93. The fourth-order valence-corrected chi connectivity index (χ4v) is 1.25. The Bertz CT molecular complexity index is 279. The highest BCUT2D eigenvalue weighted by atomic mass is 15.3. The summed E-state index contributed by atoms with van der Waals surface area (Å²) in [5.41, 5.74) is 6.43. The topological polar surface area (TPSA) is 59.1 Å². The summed E-state index contributed by atoms with van der Waals surface area (Å²) in [4.78, 5) is 2.16. The third-order valence-electron chi connectivity index (χ3n) is 1.93. The number of anilines is 2. The summed E-state index contributed by atoms with van der Waals surface area (Å²) in [5.74, 6) is 0.784. The van der Waals surface area contributed by atoms with E-state index in [1.165, 1.54) is 0 Å². The van der Waals surface area contributed by atoms with E-state index < -0.39 is 0 Å². The molecule has 1 aromatic heterocycles. The molecule has 0 fully saturated rings. The van der Waals surface area contributed by atoms with Crippen molar-refractivity contribution < 1.29 is 0 Å². The molecule has 80 valence electrons. The summed E-state index contributed by atoms with van der Waals surface area (Å²) >= 11 is 0. The Hall–Kier alpha value is -1.23. The first-order valence-electron chi connectivity index (χ1n) is 4.77. The van der Waals surface area contributed by atoms with Gasteiger partial charge in [0.1, 0.15) is 0 Å². The molecule has 0 bridgehead atoms. The molecule has 0 radical (unpaired) electrons. The molecule has 0 saturated carbocycles. The van der Waals surface area contributed by atoms with E-state index in [0.29, 0.717) is 5.69 Å². The van der Waals surface area contributed by atoms with Crippen molar-refractivity contribution in [3.05, 3.63) is 6.20 Å². The molecule has 1 rings (SSSR count). The minimum atomic E-state index is 0.706. The molecule has 0 atom stereocenters. The van der Waals surface area contributed by atoms with E-state index >= 15 is 0 Å². The molecular formula is C9H19N5. The van der Waals surface area contributed by atoms with Crippen LogP contribution in [-0.2, 0) is 7.05 Å². The molecular weight excluding hydrogens is 178 g/mol. The maximum Gasteiger partial charge on any atom is 0.171 e. The molecule has 0 unspecified atom stereocenters. The fourth-order valence-electron chi connectivity index (χ4n) is 1.25. The third kappa shape index (κ3) is 3.26. The van der Waals surface area contributed by atoms with Gasteiger partial charge in [0, 0.05) is 19.8 Å². The lowest BCUT2D eigenvalue weighted by Gasteiger charge is -2.09. The lowest BCUT2D eigenvalue weighted by Crippen LogP contribution is -2.16. The number of nitrogen functional groups attached to an aromatic ring is 1. The molecule has 5 nitrogen and oxygen atoms in total. The van der Waals surface area contributed by atoms with Crippen molar-refractivity contribution in [3.8, 4) is 0 Å². The van der Waals surface area contributed by atoms with Gasteiger partial charge in [-0.25, -0.2) is 0 Å². The van der Waals surface area contributed by atoms with Crippen LogP contribution in [0, 0.1) is 0 Å². The van der Waals surface area contributed by atoms with Crippen LogP contribution in [0.1, 0.15) is 6.42 Å². The van der Waals surface area contributed by atoms with E-state index in [-0.39, 0.29) is 0 Å². The van der Waals surface area contributed by atoms with E-state index in [4.69, 9.17) is 5.73 Å². The standard InChI is InChI=1S/C9H19N5/c1-13(2)6-4-5-11-9-8(10)7-14(3)12-9/h7H,4-6,10H2,1-3H3,(H,11,12). The average molecular weight is 197 g/mol. The molecule has 0 spiro atoms. The summed E-state index contributed by atoms with van der Waals surface area (Å²) in [6.07, 6.45) is 2.89. The van der Waals surface area contributed by atoms with Crippen molar-refractivity contribution in [3.63, 3.8) is 0 Å². The minimum Gasteiger partial charge on any atom is -0.394 e. The van der Waals surface area contributed by atoms with Crippen LogP contribution >= 0.6 is 0 Å². The number of nitrogens with two attached hydrogens (primary N) is 1. The van der Waals surface area contributed by atoms with Crippen molar-refractivity contribution in [2.45, 2.75) is 6.42 Å². The van der Waals surface area contributed by atoms with E-state index in [9.17, 15) is 0 Å². The van der Waals surface area contributed by atoms with Gasteiger partial charge >= 0.3 is 0 Å². The summed E-state index contributed by atoms with van der Waals surface area (Å²) in [5, 5.41) is 7.40. The van der Waals surface area contributed by atoms with Crippen LogP contribution in [0.25, 0.3) is 0 Å². The zero-order valence-corrected chi connectivity index (χ0v) is 9.12. The largest absolute Gasteiger partial charge is 0.394 e. The van der Waals surface area contributed by atoms with Crippen molar-refractivity contribution in [1.29, 1.82) is 0 Å². The second-order valence-electron chi connectivity index (χ2n) is 3.69. The molecule has 0 aliphatic carbocycles. The number of hydrogen-bond donors (Lipinski definition) is 2. The second kappa shape index (κ2) is 4.85. The number of aryl methyl sites for hydroxylation is 1. The Morgan fingerprint density at radius 3 is 2.79 bits per heavy atom. The smallest absolute Gasteiger partial charge is 0.171 e. The number of hydrogen-bond acceptors (Lipinski definition) is 4. The molecule has 3 N–H and O–H groups in total. The SMILES string of the molecule is CN(C)CCCNc1nn(C)cc1N. The normalized spacial score (nSPS) is 10.9. The highest BCUT2D eigenvalue weighted by Gasteiger charge is 2.01. The molecule has 14 heavy (non-hydrogen) atoms. The lowest BCUT2D eigenvalue weighted by molar-refractivity contribution is 0.405. The van der Waals surface area contributed by atoms with Gasteiger partial charge in [0.2, 0.25) is 0 Å². The molecule has 0 aliphatic rings. The quantitative estimate of drug-likeness (QED) is 0.669. The van der Waals surface area contributed by atoms with Gasteiger partial charge in [0.15, 0.2) is 5.82 Å². The van der Waals surface area contributed by atoms with Crippen molar-refractivity contribution in [2.75, 3.05) is 38.2 Å². The minimum absolute atomic E-state index is 0.706. The van der Waals surface area contributed by atoms with Crippen molar-refractivity contribution in [2.24, 2.45) is 7.05 Å². The van der Waals surface area contributed by atoms with Crippen LogP contribution in [0.2, 0.25) is 0 Å². The van der Waals surface area contributed by atoms with Crippen LogP contribution in [0.5, 0.6) is 0 Å². The van der Waals surface area contributed by atoms with Crippen LogP contribution in [0.3, 0.4) is 0 Å². The van der Waals surface area contributed by atoms with E-state index in [2.05, 4.69) is 29.4 Å². The predicted octanol–water partition coefficient (Wildman–Crippen LogP) is 0.366. The number of nitrogens with one attached hydrogen (secondary N) is 1. The van der Waals surface area contributed by atoms with Gasteiger partial charge in [0.25, 0.3) is 0 Å². The van der Waals surface area contributed by atoms with Crippen molar-refractivity contribution >= 4 is 11.5 Å². The molecule has 5 heteroatoms. The Balaban J connectivity index is 2.28. The molecule has 1 aromatic rings. The van der Waals surface area contributed by atoms with Gasteiger partial charge in [-0.15, -0.1) is 0 Å². The maximum absolute atomic E-state index is 5.73. The van der Waals surface area contributed by atoms with E-state index in [1.807, 2.05) is 7.05 Å². The summed E-state index contributed by atoms with van der Waals surface area (Å²) < 4.78 is 1.71. The van der Waals surface area contributed by atoms with Crippen molar-refractivity contribution in [1.82, 2.24) is 14.7 Å². The van der Waals surface area contributed by atoms with Gasteiger partial charge < -0.3 is 16.0 Å². The summed E-state index contributed by atoms with van der Waals surface area (Å²) in [6, 6.07) is 0. The zero-order chi connectivity index (χ0) is 10.6. The summed E-state index contributed by atoms with van der Waals surface area (Å²) in [6.45, 7) is 1.97. The zero-order valence-electron chi connectivity index (χ0n) is 9.12. The Morgan fingerprint density at radius 1 is 1.57 bits per heavy atom. The van der Waals surface area contributed by atoms with E-state index in [1.54, 1.807) is 10.9 Å². The molecule has 0 aliphatic heterocycles. The highest BCUT2D eigenvalue weighted by Crippen LogP contribution is 2.13. The van der Waals surface area contributed by atoms with Crippen LogP contribution in [-0.4, -0.2) is 41.9 Å². The Morgan fingerprint density at radius 2 is 2.29 bits per heavy atom. The fraction of sp³-hybridized carbons (Fsp3) is 0.667. The van der Waals surface area contributed by atoms with Crippen LogP contribution in [0.4, 0.5) is 11.5 Å². The first kappa shape index (κ1) is 10.8. The summed E-state index contributed by atoms with van der Waals surface area (Å²) in [7, 11) is 5.99. The first-order chi connectivity index (χ1) is 6.59. The first-order valence-corrected chi connectivity index (χ1v) is 4.77. The second-order valence-corrected chi connectivity index (χ2v) is 3.69. The number of aromatic nitrogens is 2. The van der Waals surface area contributed by atoms with E-state index in [0.717, 1.165) is 25.3 Å². The molecule has 1 heterocycles. The average Bonchev–Trinajstić information content (AvgIpc) is 2.39. The van der Waals surface area contributed by atoms with Crippen LogP contribution in [0.15, 0.2) is 6.20 Å². The van der Waals surface area contributed by atoms with Gasteiger partial charge in [-0.2, -0.15) is 5.10 Å².